The molecule has 1 aliphatic carbocycles. The molecule has 1 aromatic rings. The first-order valence-corrected chi connectivity index (χ1v) is 8.05. The largest absolute Gasteiger partial charge is 0.481 e. The van der Waals surface area contributed by atoms with Gasteiger partial charge < -0.3 is 15.2 Å². The highest BCUT2D eigenvalue weighted by molar-refractivity contribution is 7.98. The maximum Gasteiger partial charge on any atom is 0.329 e. The SMILES string of the molecule is CSc1ccc(OC(C)C(=O)NC2(C(=O)O)CCC2)cc1. The second-order valence-corrected chi connectivity index (χ2v) is 6.05. The number of rotatable bonds is 6. The van der Waals surface area contributed by atoms with Crippen LogP contribution >= 0.6 is 11.8 Å². The molecule has 0 aromatic heterocycles. The molecule has 114 valence electrons. The number of nitrogens with one attached hydrogen (secondary N) is 1. The first kappa shape index (κ1) is 15.7. The van der Waals surface area contributed by atoms with Crippen LogP contribution in [0.25, 0.3) is 0 Å². The van der Waals surface area contributed by atoms with Gasteiger partial charge in [0.1, 0.15) is 11.3 Å². The Bertz CT molecular complexity index is 525. The van der Waals surface area contributed by atoms with E-state index in [1.165, 1.54) is 0 Å². The van der Waals surface area contributed by atoms with Gasteiger partial charge in [-0.1, -0.05) is 0 Å². The summed E-state index contributed by atoms with van der Waals surface area (Å²) in [7, 11) is 0. The fourth-order valence-electron chi connectivity index (χ4n) is 2.17. The van der Waals surface area contributed by atoms with Gasteiger partial charge in [-0.15, -0.1) is 11.8 Å². The van der Waals surface area contributed by atoms with Crippen molar-refractivity contribution in [1.29, 1.82) is 0 Å². The van der Waals surface area contributed by atoms with Crippen LogP contribution in [-0.4, -0.2) is 34.9 Å². The van der Waals surface area contributed by atoms with Gasteiger partial charge in [0.15, 0.2) is 6.10 Å². The molecular formula is C15H19NO4S. The topological polar surface area (TPSA) is 75.6 Å². The zero-order valence-corrected chi connectivity index (χ0v) is 12.9. The maximum absolute atomic E-state index is 12.1. The Balaban J connectivity index is 1.94. The molecule has 21 heavy (non-hydrogen) atoms. The van der Waals surface area contributed by atoms with Crippen molar-refractivity contribution in [2.75, 3.05) is 6.26 Å². The number of carboxylic acid groups (broad SMARTS) is 1. The number of carbonyl (C=O) groups is 2. The highest BCUT2D eigenvalue weighted by atomic mass is 32.2. The van der Waals surface area contributed by atoms with Gasteiger partial charge in [-0.3, -0.25) is 4.79 Å². The predicted octanol–water partition coefficient (Wildman–Crippen LogP) is 2.30. The lowest BCUT2D eigenvalue weighted by Gasteiger charge is -2.38. The minimum absolute atomic E-state index is 0.397. The summed E-state index contributed by atoms with van der Waals surface area (Å²) < 4.78 is 5.56. The molecular weight excluding hydrogens is 290 g/mol. The zero-order chi connectivity index (χ0) is 15.5. The second kappa shape index (κ2) is 6.39. The average Bonchev–Trinajstić information content (AvgIpc) is 2.42. The molecule has 1 fully saturated rings. The molecule has 2 N–H and O–H groups in total. The van der Waals surface area contributed by atoms with E-state index in [-0.39, 0.29) is 0 Å². The molecule has 0 saturated heterocycles. The normalized spacial score (nSPS) is 17.4. The smallest absolute Gasteiger partial charge is 0.329 e. The number of hydrogen-bond donors (Lipinski definition) is 2. The highest BCUT2D eigenvalue weighted by Gasteiger charge is 2.46. The van der Waals surface area contributed by atoms with Crippen LogP contribution < -0.4 is 10.1 Å². The van der Waals surface area contributed by atoms with Gasteiger partial charge >= 0.3 is 5.97 Å². The monoisotopic (exact) mass is 309 g/mol. The first-order valence-electron chi connectivity index (χ1n) is 6.83. The molecule has 0 bridgehead atoms. The third kappa shape index (κ3) is 3.50. The predicted molar refractivity (Wildman–Crippen MR) is 80.7 cm³/mol. The molecule has 1 aromatic carbocycles. The quantitative estimate of drug-likeness (QED) is 0.789. The van der Waals surface area contributed by atoms with Crippen molar-refractivity contribution >= 4 is 23.6 Å². The summed E-state index contributed by atoms with van der Waals surface area (Å²) in [5, 5.41) is 11.8. The maximum atomic E-state index is 12.1. The zero-order valence-electron chi connectivity index (χ0n) is 12.1. The molecule has 6 heteroatoms. The van der Waals surface area contributed by atoms with E-state index in [1.54, 1.807) is 30.8 Å². The summed E-state index contributed by atoms with van der Waals surface area (Å²) in [4.78, 5) is 24.4. The number of amides is 1. The molecule has 1 unspecified atom stereocenters. The van der Waals surface area contributed by atoms with E-state index in [0.29, 0.717) is 18.6 Å². The van der Waals surface area contributed by atoms with Gasteiger partial charge in [0.25, 0.3) is 5.91 Å². The molecule has 1 atom stereocenters. The fraction of sp³-hybridized carbons (Fsp3) is 0.467. The van der Waals surface area contributed by atoms with Gasteiger partial charge in [-0.2, -0.15) is 0 Å². The van der Waals surface area contributed by atoms with Crippen molar-refractivity contribution < 1.29 is 19.4 Å². The summed E-state index contributed by atoms with van der Waals surface area (Å²) in [5.74, 6) is -0.780. The van der Waals surface area contributed by atoms with Gasteiger partial charge in [0.2, 0.25) is 0 Å². The van der Waals surface area contributed by atoms with E-state index in [1.807, 2.05) is 18.4 Å². The number of thioether (sulfide) groups is 1. The van der Waals surface area contributed by atoms with Crippen LogP contribution in [0, 0.1) is 0 Å². The number of benzene rings is 1. The van der Waals surface area contributed by atoms with Crippen molar-refractivity contribution in [3.8, 4) is 5.75 Å². The van der Waals surface area contributed by atoms with Gasteiger partial charge in [-0.25, -0.2) is 4.79 Å². The Morgan fingerprint density at radius 1 is 1.33 bits per heavy atom. The fourth-order valence-corrected chi connectivity index (χ4v) is 2.58. The van der Waals surface area contributed by atoms with E-state index in [9.17, 15) is 14.7 Å². The van der Waals surface area contributed by atoms with E-state index in [2.05, 4.69) is 5.32 Å². The summed E-state index contributed by atoms with van der Waals surface area (Å²) in [6.45, 7) is 1.62. The van der Waals surface area contributed by atoms with Crippen LogP contribution in [0.15, 0.2) is 29.2 Å². The van der Waals surface area contributed by atoms with E-state index in [0.717, 1.165) is 11.3 Å². The number of carboxylic acids is 1. The lowest BCUT2D eigenvalue weighted by Crippen LogP contribution is -2.61. The summed E-state index contributed by atoms with van der Waals surface area (Å²) >= 11 is 1.62. The lowest BCUT2D eigenvalue weighted by molar-refractivity contribution is -0.152. The van der Waals surface area contributed by atoms with Crippen molar-refractivity contribution in [2.24, 2.45) is 0 Å². The van der Waals surface area contributed by atoms with Crippen LogP contribution in [-0.2, 0) is 9.59 Å². The summed E-state index contributed by atoms with van der Waals surface area (Å²) in [5.41, 5.74) is -1.10. The molecule has 0 aliphatic heterocycles. The first-order chi connectivity index (χ1) is 9.97. The lowest BCUT2D eigenvalue weighted by atomic mass is 9.76. The van der Waals surface area contributed by atoms with Crippen LogP contribution in [0.2, 0.25) is 0 Å². The molecule has 1 amide bonds. The van der Waals surface area contributed by atoms with Crippen molar-refractivity contribution in [1.82, 2.24) is 5.32 Å². The van der Waals surface area contributed by atoms with Gasteiger partial charge in [-0.05, 0) is 56.7 Å². The number of aliphatic carboxylic acids is 1. The standard InChI is InChI=1S/C15H19NO4S/c1-10(20-11-4-6-12(21-2)7-5-11)13(17)16-15(14(18)19)8-3-9-15/h4-7,10H,3,8-9H2,1-2H3,(H,16,17)(H,18,19). The molecule has 2 rings (SSSR count). The second-order valence-electron chi connectivity index (χ2n) is 5.17. The Kier molecular flexibility index (Phi) is 4.77. The molecule has 5 nitrogen and oxygen atoms in total. The van der Waals surface area contributed by atoms with Crippen LogP contribution in [0.5, 0.6) is 5.75 Å². The highest BCUT2D eigenvalue weighted by Crippen LogP contribution is 2.32. The number of ether oxygens (including phenoxy) is 1. The van der Waals surface area contributed by atoms with E-state index < -0.39 is 23.5 Å². The minimum atomic E-state index is -1.10. The van der Waals surface area contributed by atoms with Crippen molar-refractivity contribution in [3.63, 3.8) is 0 Å². The van der Waals surface area contributed by atoms with Crippen LogP contribution in [0.3, 0.4) is 0 Å². The minimum Gasteiger partial charge on any atom is -0.481 e. The van der Waals surface area contributed by atoms with Gasteiger partial charge in [0.05, 0.1) is 0 Å². The Morgan fingerprint density at radius 3 is 2.38 bits per heavy atom. The Hall–Kier alpha value is -1.69. The van der Waals surface area contributed by atoms with Crippen LogP contribution in [0.4, 0.5) is 0 Å². The third-order valence-electron chi connectivity index (χ3n) is 3.72. The molecule has 0 radical (unpaired) electrons. The van der Waals surface area contributed by atoms with E-state index >= 15 is 0 Å². The Morgan fingerprint density at radius 2 is 1.95 bits per heavy atom. The Labute approximate surface area is 128 Å². The van der Waals surface area contributed by atoms with E-state index in [4.69, 9.17) is 4.74 Å². The number of carbonyl (C=O) groups excluding carboxylic acids is 1. The molecule has 0 heterocycles. The molecule has 1 aliphatic rings. The van der Waals surface area contributed by atoms with Gasteiger partial charge in [0, 0.05) is 4.90 Å². The van der Waals surface area contributed by atoms with Crippen molar-refractivity contribution in [3.05, 3.63) is 24.3 Å². The summed E-state index contributed by atoms with van der Waals surface area (Å²) in [6.07, 6.45) is 3.02. The third-order valence-corrected chi connectivity index (χ3v) is 4.46. The summed E-state index contributed by atoms with van der Waals surface area (Å²) in [6, 6.07) is 7.42. The number of hydrogen-bond acceptors (Lipinski definition) is 4. The van der Waals surface area contributed by atoms with Crippen LogP contribution in [0.1, 0.15) is 26.2 Å². The average molecular weight is 309 g/mol. The molecule has 1 saturated carbocycles. The molecule has 0 spiro atoms. The van der Waals surface area contributed by atoms with Crippen molar-refractivity contribution in [2.45, 2.75) is 42.7 Å².